The first-order chi connectivity index (χ1) is 11.9. The lowest BCUT2D eigenvalue weighted by atomic mass is 10.2. The molecule has 0 saturated carbocycles. The molecule has 0 atom stereocenters. The highest BCUT2D eigenvalue weighted by Crippen LogP contribution is 2.11. The molecule has 0 spiro atoms. The molecule has 1 aliphatic rings. The summed E-state index contributed by atoms with van der Waals surface area (Å²) in [5, 5.41) is 4.30. The molecule has 0 aromatic carbocycles. The molecule has 7 heteroatoms. The summed E-state index contributed by atoms with van der Waals surface area (Å²) in [7, 11) is 0. The number of carbonyl (C=O) groups is 1. The SMILES string of the molecule is CCc1cnn(CCOCCN2CCN(C(=O)OC(C)(C)C)CC2)c1. The smallest absolute Gasteiger partial charge is 0.410 e. The minimum atomic E-state index is -0.436. The highest BCUT2D eigenvalue weighted by molar-refractivity contribution is 5.68. The van der Waals surface area contributed by atoms with Gasteiger partial charge in [0.1, 0.15) is 5.60 Å². The molecule has 1 aromatic heterocycles. The lowest BCUT2D eigenvalue weighted by molar-refractivity contribution is 0.0114. The summed E-state index contributed by atoms with van der Waals surface area (Å²) >= 11 is 0. The van der Waals surface area contributed by atoms with Crippen molar-refractivity contribution in [1.82, 2.24) is 19.6 Å². The fraction of sp³-hybridized carbons (Fsp3) is 0.778. The third-order valence-electron chi connectivity index (χ3n) is 4.14. The number of hydrogen-bond donors (Lipinski definition) is 0. The fourth-order valence-electron chi connectivity index (χ4n) is 2.65. The second kappa shape index (κ2) is 9.20. The van der Waals surface area contributed by atoms with E-state index in [9.17, 15) is 4.79 Å². The van der Waals surface area contributed by atoms with Crippen molar-refractivity contribution in [3.05, 3.63) is 18.0 Å². The van der Waals surface area contributed by atoms with E-state index < -0.39 is 5.60 Å². The highest BCUT2D eigenvalue weighted by atomic mass is 16.6. The van der Waals surface area contributed by atoms with Crippen molar-refractivity contribution < 1.29 is 14.3 Å². The van der Waals surface area contributed by atoms with Gasteiger partial charge in [-0.1, -0.05) is 6.92 Å². The van der Waals surface area contributed by atoms with Gasteiger partial charge in [0.2, 0.25) is 0 Å². The van der Waals surface area contributed by atoms with Gasteiger partial charge in [0.15, 0.2) is 0 Å². The van der Waals surface area contributed by atoms with E-state index in [2.05, 4.69) is 23.1 Å². The molecule has 1 saturated heterocycles. The van der Waals surface area contributed by atoms with Crippen LogP contribution >= 0.6 is 0 Å². The van der Waals surface area contributed by atoms with E-state index in [1.54, 1.807) is 4.90 Å². The van der Waals surface area contributed by atoms with E-state index in [-0.39, 0.29) is 6.09 Å². The van der Waals surface area contributed by atoms with Crippen LogP contribution in [-0.2, 0) is 22.4 Å². The Kier molecular flexibility index (Phi) is 7.25. The van der Waals surface area contributed by atoms with E-state index in [0.717, 1.165) is 32.6 Å². The fourth-order valence-corrected chi connectivity index (χ4v) is 2.65. The lowest BCUT2D eigenvalue weighted by Gasteiger charge is -2.35. The van der Waals surface area contributed by atoms with Crippen LogP contribution in [0.1, 0.15) is 33.3 Å². The van der Waals surface area contributed by atoms with Crippen molar-refractivity contribution >= 4 is 6.09 Å². The quantitative estimate of drug-likeness (QED) is 0.703. The van der Waals surface area contributed by atoms with Gasteiger partial charge in [-0.15, -0.1) is 0 Å². The molecule has 2 heterocycles. The van der Waals surface area contributed by atoms with Gasteiger partial charge in [-0.25, -0.2) is 4.79 Å². The summed E-state index contributed by atoms with van der Waals surface area (Å²) in [5.41, 5.74) is 0.817. The number of aryl methyl sites for hydroxylation is 1. The maximum atomic E-state index is 12.0. The van der Waals surface area contributed by atoms with Crippen molar-refractivity contribution in [1.29, 1.82) is 0 Å². The minimum Gasteiger partial charge on any atom is -0.444 e. The molecule has 1 amide bonds. The number of ether oxygens (including phenoxy) is 2. The number of hydrogen-bond acceptors (Lipinski definition) is 5. The van der Waals surface area contributed by atoms with Crippen LogP contribution in [0, 0.1) is 0 Å². The second-order valence-electron chi connectivity index (χ2n) is 7.39. The first kappa shape index (κ1) is 19.7. The van der Waals surface area contributed by atoms with Crippen molar-refractivity contribution in [2.45, 2.75) is 46.3 Å². The maximum Gasteiger partial charge on any atom is 0.410 e. The van der Waals surface area contributed by atoms with Gasteiger partial charge in [0.05, 0.1) is 26.0 Å². The molecule has 0 N–H and O–H groups in total. The van der Waals surface area contributed by atoms with Gasteiger partial charge in [-0.3, -0.25) is 9.58 Å². The average Bonchev–Trinajstić information content (AvgIpc) is 3.01. The normalized spacial score (nSPS) is 16.2. The maximum absolute atomic E-state index is 12.0. The zero-order chi connectivity index (χ0) is 18.3. The molecule has 7 nitrogen and oxygen atoms in total. The summed E-state index contributed by atoms with van der Waals surface area (Å²) in [6, 6.07) is 0. The standard InChI is InChI=1S/C18H32N4O3/c1-5-16-14-19-22(15-16)11-13-24-12-10-20-6-8-21(9-7-20)17(23)25-18(2,3)4/h14-15H,5-13H2,1-4H3. The van der Waals surface area contributed by atoms with Gasteiger partial charge in [0.25, 0.3) is 0 Å². The number of amides is 1. The van der Waals surface area contributed by atoms with Gasteiger partial charge >= 0.3 is 6.09 Å². The van der Waals surface area contributed by atoms with Crippen LogP contribution in [0.25, 0.3) is 0 Å². The first-order valence-corrected chi connectivity index (χ1v) is 9.17. The molecule has 1 aliphatic heterocycles. The Morgan fingerprint density at radius 3 is 2.44 bits per heavy atom. The largest absolute Gasteiger partial charge is 0.444 e. The van der Waals surface area contributed by atoms with E-state index in [1.807, 2.05) is 31.6 Å². The monoisotopic (exact) mass is 352 g/mol. The highest BCUT2D eigenvalue weighted by Gasteiger charge is 2.25. The lowest BCUT2D eigenvalue weighted by Crippen LogP contribution is -2.50. The Labute approximate surface area is 150 Å². The molecule has 0 radical (unpaired) electrons. The number of piperazine rings is 1. The van der Waals surface area contributed by atoms with Crippen molar-refractivity contribution in [2.75, 3.05) is 45.9 Å². The van der Waals surface area contributed by atoms with E-state index >= 15 is 0 Å². The van der Waals surface area contributed by atoms with Crippen molar-refractivity contribution in [3.63, 3.8) is 0 Å². The third kappa shape index (κ3) is 7.04. The van der Waals surface area contributed by atoms with Crippen LogP contribution in [0.5, 0.6) is 0 Å². The van der Waals surface area contributed by atoms with Crippen molar-refractivity contribution in [2.24, 2.45) is 0 Å². The zero-order valence-electron chi connectivity index (χ0n) is 16.0. The Bertz CT molecular complexity index is 531. The predicted molar refractivity (Wildman–Crippen MR) is 96.7 cm³/mol. The second-order valence-corrected chi connectivity index (χ2v) is 7.39. The summed E-state index contributed by atoms with van der Waals surface area (Å²) in [5.74, 6) is 0. The molecular formula is C18H32N4O3. The molecule has 0 unspecified atom stereocenters. The van der Waals surface area contributed by atoms with Gasteiger partial charge in [-0.2, -0.15) is 5.10 Å². The number of aromatic nitrogens is 2. The summed E-state index contributed by atoms with van der Waals surface area (Å²) < 4.78 is 13.1. The predicted octanol–water partition coefficient (Wildman–Crippen LogP) is 2.01. The van der Waals surface area contributed by atoms with Crippen LogP contribution in [0.15, 0.2) is 12.4 Å². The Hall–Kier alpha value is -1.60. The van der Waals surface area contributed by atoms with Crippen LogP contribution < -0.4 is 0 Å². The summed E-state index contributed by atoms with van der Waals surface area (Å²) in [6.07, 6.45) is 4.77. The molecule has 0 aliphatic carbocycles. The average molecular weight is 352 g/mol. The molecular weight excluding hydrogens is 320 g/mol. The minimum absolute atomic E-state index is 0.214. The van der Waals surface area contributed by atoms with Crippen LogP contribution in [0.4, 0.5) is 4.79 Å². The molecule has 1 aromatic rings. The van der Waals surface area contributed by atoms with Gasteiger partial charge < -0.3 is 14.4 Å². The number of carbonyl (C=O) groups excluding carboxylic acids is 1. The van der Waals surface area contributed by atoms with E-state index in [0.29, 0.717) is 26.3 Å². The van der Waals surface area contributed by atoms with Crippen molar-refractivity contribution in [3.8, 4) is 0 Å². The Morgan fingerprint density at radius 2 is 1.84 bits per heavy atom. The third-order valence-corrected chi connectivity index (χ3v) is 4.14. The summed E-state index contributed by atoms with van der Waals surface area (Å²) in [4.78, 5) is 16.1. The van der Waals surface area contributed by atoms with Gasteiger partial charge in [-0.05, 0) is 32.8 Å². The van der Waals surface area contributed by atoms with Gasteiger partial charge in [0, 0.05) is 38.9 Å². The Balaban J connectivity index is 1.55. The number of rotatable bonds is 7. The topological polar surface area (TPSA) is 59.8 Å². The van der Waals surface area contributed by atoms with Crippen LogP contribution in [0.2, 0.25) is 0 Å². The van der Waals surface area contributed by atoms with Crippen LogP contribution in [-0.4, -0.2) is 77.2 Å². The molecule has 0 bridgehead atoms. The van der Waals surface area contributed by atoms with Crippen LogP contribution in [0.3, 0.4) is 0 Å². The Morgan fingerprint density at radius 1 is 1.16 bits per heavy atom. The summed E-state index contributed by atoms with van der Waals surface area (Å²) in [6.45, 7) is 14.0. The molecule has 2 rings (SSSR count). The first-order valence-electron chi connectivity index (χ1n) is 9.17. The zero-order valence-corrected chi connectivity index (χ0v) is 16.0. The van der Waals surface area contributed by atoms with E-state index in [1.165, 1.54) is 5.56 Å². The van der Waals surface area contributed by atoms with E-state index in [4.69, 9.17) is 9.47 Å². The molecule has 1 fully saturated rings. The number of nitrogens with zero attached hydrogens (tertiary/aromatic N) is 4. The molecule has 142 valence electrons. The molecule has 25 heavy (non-hydrogen) atoms.